The zero-order valence-corrected chi connectivity index (χ0v) is 7.22. The van der Waals surface area contributed by atoms with Gasteiger partial charge in [-0.25, -0.2) is 0 Å². The normalized spacial score (nSPS) is 9.73. The molecule has 2 nitrogen and oxygen atoms in total. The molecule has 0 saturated heterocycles. The van der Waals surface area contributed by atoms with Crippen molar-refractivity contribution in [3.8, 4) is 5.75 Å². The van der Waals surface area contributed by atoms with Crippen LogP contribution in [-0.4, -0.2) is 11.6 Å². The highest BCUT2D eigenvalue weighted by Gasteiger charge is 1.95. The molecule has 0 aliphatic carbocycles. The lowest BCUT2D eigenvalue weighted by Crippen LogP contribution is -1.94. The zero-order chi connectivity index (χ0) is 8.27. The number of aryl methyl sites for hydroxylation is 2. The summed E-state index contributed by atoms with van der Waals surface area (Å²) in [5.74, 6) is 0.914. The molecule has 0 fully saturated rings. The van der Waals surface area contributed by atoms with Crippen molar-refractivity contribution in [3.05, 3.63) is 23.5 Å². The molecule has 0 spiro atoms. The summed E-state index contributed by atoms with van der Waals surface area (Å²) in [6, 6.07) is 3.88. The smallest absolute Gasteiger partial charge is 0.122 e. The highest BCUT2D eigenvalue weighted by atomic mass is 16.5. The molecule has 2 heteroatoms. The van der Waals surface area contributed by atoms with Crippen LogP contribution < -0.4 is 4.74 Å². The molecular weight excluding hydrogens is 138 g/mol. The van der Waals surface area contributed by atoms with Gasteiger partial charge in [-0.05, 0) is 20.8 Å². The number of ether oxygens (including phenoxy) is 1. The molecule has 0 aromatic carbocycles. The van der Waals surface area contributed by atoms with E-state index in [2.05, 4.69) is 4.98 Å². The summed E-state index contributed by atoms with van der Waals surface area (Å²) in [5.41, 5.74) is 2.02. The topological polar surface area (TPSA) is 22.1 Å². The summed E-state index contributed by atoms with van der Waals surface area (Å²) in [6.07, 6.45) is 0. The van der Waals surface area contributed by atoms with Gasteiger partial charge >= 0.3 is 0 Å². The molecule has 1 aromatic rings. The third kappa shape index (κ3) is 2.22. The fraction of sp³-hybridized carbons (Fsp3) is 0.444. The average Bonchev–Trinajstić information content (AvgIpc) is 1.85. The van der Waals surface area contributed by atoms with Crippen molar-refractivity contribution < 1.29 is 4.74 Å². The van der Waals surface area contributed by atoms with Crippen LogP contribution in [0.25, 0.3) is 0 Å². The van der Waals surface area contributed by atoms with Crippen LogP contribution in [0.1, 0.15) is 18.3 Å². The van der Waals surface area contributed by atoms with Crippen molar-refractivity contribution in [1.29, 1.82) is 0 Å². The molecule has 1 rings (SSSR count). The Balaban J connectivity index is 2.89. The Bertz CT molecular complexity index is 225. The summed E-state index contributed by atoms with van der Waals surface area (Å²) >= 11 is 0. The number of pyridine rings is 1. The summed E-state index contributed by atoms with van der Waals surface area (Å²) in [6.45, 7) is 6.62. The van der Waals surface area contributed by atoms with Gasteiger partial charge in [-0.1, -0.05) is 0 Å². The number of hydrogen-bond donors (Lipinski definition) is 0. The first kappa shape index (κ1) is 8.05. The maximum absolute atomic E-state index is 5.33. The van der Waals surface area contributed by atoms with Gasteiger partial charge in [0.05, 0.1) is 6.61 Å². The molecule has 0 atom stereocenters. The van der Waals surface area contributed by atoms with Crippen LogP contribution in [0.3, 0.4) is 0 Å². The van der Waals surface area contributed by atoms with E-state index < -0.39 is 0 Å². The maximum atomic E-state index is 5.33. The second kappa shape index (κ2) is 3.37. The van der Waals surface area contributed by atoms with Gasteiger partial charge < -0.3 is 4.74 Å². The fourth-order valence-electron chi connectivity index (χ4n) is 1.05. The zero-order valence-electron chi connectivity index (χ0n) is 7.22. The quantitative estimate of drug-likeness (QED) is 0.645. The van der Waals surface area contributed by atoms with Crippen molar-refractivity contribution in [2.24, 2.45) is 0 Å². The minimum Gasteiger partial charge on any atom is -0.494 e. The Morgan fingerprint density at radius 3 is 2.27 bits per heavy atom. The molecule has 0 amide bonds. The van der Waals surface area contributed by atoms with Crippen molar-refractivity contribution in [2.75, 3.05) is 6.61 Å². The minimum atomic E-state index is 0.711. The van der Waals surface area contributed by atoms with Crippen molar-refractivity contribution >= 4 is 0 Å². The van der Waals surface area contributed by atoms with Gasteiger partial charge in [0, 0.05) is 23.5 Å². The van der Waals surface area contributed by atoms with E-state index >= 15 is 0 Å². The van der Waals surface area contributed by atoms with Gasteiger partial charge in [-0.15, -0.1) is 0 Å². The first-order chi connectivity index (χ1) is 5.22. The van der Waals surface area contributed by atoms with E-state index in [-0.39, 0.29) is 0 Å². The SMILES string of the molecule is CCOc1cc(C)nc(C)c1. The van der Waals surface area contributed by atoms with Crippen LogP contribution >= 0.6 is 0 Å². The third-order valence-corrected chi connectivity index (χ3v) is 1.37. The number of rotatable bonds is 2. The largest absolute Gasteiger partial charge is 0.494 e. The predicted molar refractivity (Wildman–Crippen MR) is 44.9 cm³/mol. The Hall–Kier alpha value is -1.05. The van der Waals surface area contributed by atoms with Gasteiger partial charge in [0.25, 0.3) is 0 Å². The van der Waals surface area contributed by atoms with Crippen molar-refractivity contribution in [2.45, 2.75) is 20.8 Å². The highest BCUT2D eigenvalue weighted by Crippen LogP contribution is 2.12. The molecule has 1 aromatic heterocycles. The first-order valence-electron chi connectivity index (χ1n) is 3.80. The van der Waals surface area contributed by atoms with E-state index in [9.17, 15) is 0 Å². The first-order valence-corrected chi connectivity index (χ1v) is 3.80. The Labute approximate surface area is 67.2 Å². The van der Waals surface area contributed by atoms with E-state index in [1.165, 1.54) is 0 Å². The van der Waals surface area contributed by atoms with Crippen LogP contribution in [-0.2, 0) is 0 Å². The molecule has 0 saturated carbocycles. The standard InChI is InChI=1S/C9H13NO/c1-4-11-9-5-7(2)10-8(3)6-9/h5-6H,4H2,1-3H3. The van der Waals surface area contributed by atoms with E-state index in [4.69, 9.17) is 4.74 Å². The van der Waals surface area contributed by atoms with E-state index in [1.54, 1.807) is 0 Å². The van der Waals surface area contributed by atoms with E-state index in [0.29, 0.717) is 6.61 Å². The van der Waals surface area contributed by atoms with E-state index in [0.717, 1.165) is 17.1 Å². The van der Waals surface area contributed by atoms with E-state index in [1.807, 2.05) is 32.9 Å². The lowest BCUT2D eigenvalue weighted by Gasteiger charge is -2.03. The molecule has 0 unspecified atom stereocenters. The van der Waals surface area contributed by atoms with Crippen LogP contribution in [0.4, 0.5) is 0 Å². The van der Waals surface area contributed by atoms with Gasteiger partial charge in [-0.3, -0.25) is 4.98 Å². The lowest BCUT2D eigenvalue weighted by molar-refractivity contribution is 0.339. The van der Waals surface area contributed by atoms with Crippen LogP contribution in [0, 0.1) is 13.8 Å². The number of aromatic nitrogens is 1. The number of nitrogens with zero attached hydrogens (tertiary/aromatic N) is 1. The fourth-order valence-corrected chi connectivity index (χ4v) is 1.05. The minimum absolute atomic E-state index is 0.711. The van der Waals surface area contributed by atoms with Crippen LogP contribution in [0.5, 0.6) is 5.75 Å². The van der Waals surface area contributed by atoms with Crippen LogP contribution in [0.15, 0.2) is 12.1 Å². The van der Waals surface area contributed by atoms with Crippen molar-refractivity contribution in [1.82, 2.24) is 4.98 Å². The molecule has 0 bridgehead atoms. The molecule has 0 N–H and O–H groups in total. The van der Waals surface area contributed by atoms with Gasteiger partial charge in [0.15, 0.2) is 0 Å². The lowest BCUT2D eigenvalue weighted by atomic mass is 10.3. The van der Waals surface area contributed by atoms with Gasteiger partial charge in [-0.2, -0.15) is 0 Å². The van der Waals surface area contributed by atoms with Crippen molar-refractivity contribution in [3.63, 3.8) is 0 Å². The maximum Gasteiger partial charge on any atom is 0.122 e. The Kier molecular flexibility index (Phi) is 2.47. The van der Waals surface area contributed by atoms with Gasteiger partial charge in [0.2, 0.25) is 0 Å². The molecule has 60 valence electrons. The average molecular weight is 151 g/mol. The molecular formula is C9H13NO. The molecule has 11 heavy (non-hydrogen) atoms. The van der Waals surface area contributed by atoms with Gasteiger partial charge in [0.1, 0.15) is 5.75 Å². The summed E-state index contributed by atoms with van der Waals surface area (Å²) in [7, 11) is 0. The Morgan fingerprint density at radius 2 is 1.82 bits per heavy atom. The second-order valence-electron chi connectivity index (χ2n) is 2.52. The summed E-state index contributed by atoms with van der Waals surface area (Å²) < 4.78 is 5.33. The molecule has 1 heterocycles. The summed E-state index contributed by atoms with van der Waals surface area (Å²) in [4.78, 5) is 4.24. The molecule has 0 aliphatic heterocycles. The highest BCUT2D eigenvalue weighted by molar-refractivity contribution is 5.25. The monoisotopic (exact) mass is 151 g/mol. The Morgan fingerprint density at radius 1 is 1.27 bits per heavy atom. The van der Waals surface area contributed by atoms with Crippen LogP contribution in [0.2, 0.25) is 0 Å². The molecule has 0 radical (unpaired) electrons. The number of hydrogen-bond acceptors (Lipinski definition) is 2. The second-order valence-corrected chi connectivity index (χ2v) is 2.52. The summed E-state index contributed by atoms with van der Waals surface area (Å²) in [5, 5.41) is 0. The predicted octanol–water partition coefficient (Wildman–Crippen LogP) is 2.10. The third-order valence-electron chi connectivity index (χ3n) is 1.37. The molecule has 0 aliphatic rings.